The normalized spacial score (nSPS) is 17.1. The number of nitrogens with one attached hydrogen (secondary N) is 1. The number of ether oxygens (including phenoxy) is 1. The number of hydrogen-bond acceptors (Lipinski definition) is 5. The number of cyclic esters (lactones) is 1. The third-order valence-electron chi connectivity index (χ3n) is 3.43. The second-order valence-electron chi connectivity index (χ2n) is 4.94. The highest BCUT2D eigenvalue weighted by atomic mass is 32.2. The molecule has 3 rings (SSSR count). The van der Waals surface area contributed by atoms with Crippen molar-refractivity contribution in [3.63, 3.8) is 0 Å². The van der Waals surface area contributed by atoms with E-state index in [2.05, 4.69) is 5.32 Å². The van der Waals surface area contributed by atoms with Crippen molar-refractivity contribution in [3.05, 3.63) is 65.2 Å². The number of primary sulfonamides is 1. The minimum absolute atomic E-state index is 0.0638. The zero-order valence-electron chi connectivity index (χ0n) is 11.5. The van der Waals surface area contributed by atoms with Gasteiger partial charge in [0.05, 0.1) is 10.5 Å². The molecule has 6 nitrogen and oxygen atoms in total. The number of sulfonamides is 1. The molecular formula is C15H14N2O4S. The average molecular weight is 318 g/mol. The number of carbonyl (C=O) groups excluding carboxylic acids is 1. The van der Waals surface area contributed by atoms with Gasteiger partial charge >= 0.3 is 5.97 Å². The first-order valence-corrected chi connectivity index (χ1v) is 8.15. The Hall–Kier alpha value is -2.22. The Morgan fingerprint density at radius 1 is 1.09 bits per heavy atom. The molecule has 1 atom stereocenters. The first-order valence-electron chi connectivity index (χ1n) is 6.60. The molecule has 0 aromatic heterocycles. The van der Waals surface area contributed by atoms with Crippen LogP contribution in [-0.4, -0.2) is 14.4 Å². The topological polar surface area (TPSA) is 98.5 Å². The van der Waals surface area contributed by atoms with Gasteiger partial charge in [-0.05, 0) is 23.8 Å². The van der Waals surface area contributed by atoms with Crippen molar-refractivity contribution in [2.45, 2.75) is 17.7 Å². The van der Waals surface area contributed by atoms with Crippen LogP contribution in [0.25, 0.3) is 0 Å². The SMILES string of the molecule is NS(=O)(=O)c1ccc(CNC2OC(=O)c3ccccc32)cc1. The van der Waals surface area contributed by atoms with E-state index in [4.69, 9.17) is 9.88 Å². The van der Waals surface area contributed by atoms with Crippen molar-refractivity contribution in [1.82, 2.24) is 5.32 Å². The molecule has 114 valence electrons. The Kier molecular flexibility index (Phi) is 3.69. The van der Waals surface area contributed by atoms with E-state index in [0.717, 1.165) is 11.1 Å². The van der Waals surface area contributed by atoms with Crippen LogP contribution in [-0.2, 0) is 21.3 Å². The molecule has 1 aliphatic heterocycles. The average Bonchev–Trinajstić information content (AvgIpc) is 2.82. The van der Waals surface area contributed by atoms with Crippen LogP contribution < -0.4 is 10.5 Å². The number of nitrogens with two attached hydrogens (primary N) is 1. The summed E-state index contributed by atoms with van der Waals surface area (Å²) in [4.78, 5) is 11.8. The molecule has 7 heteroatoms. The van der Waals surface area contributed by atoms with Gasteiger partial charge in [-0.2, -0.15) is 0 Å². The maximum absolute atomic E-state index is 11.7. The number of hydrogen-bond donors (Lipinski definition) is 2. The Labute approximate surface area is 128 Å². The Morgan fingerprint density at radius 3 is 2.45 bits per heavy atom. The lowest BCUT2D eigenvalue weighted by atomic mass is 10.1. The van der Waals surface area contributed by atoms with Crippen molar-refractivity contribution >= 4 is 16.0 Å². The van der Waals surface area contributed by atoms with E-state index in [-0.39, 0.29) is 10.9 Å². The Balaban J connectivity index is 1.70. The zero-order chi connectivity index (χ0) is 15.7. The molecule has 2 aromatic rings. The molecule has 3 N–H and O–H groups in total. The predicted octanol–water partition coefficient (Wildman–Crippen LogP) is 1.29. The summed E-state index contributed by atoms with van der Waals surface area (Å²) in [7, 11) is -3.69. The fraction of sp³-hybridized carbons (Fsp3) is 0.133. The molecule has 0 spiro atoms. The zero-order valence-corrected chi connectivity index (χ0v) is 12.3. The van der Waals surface area contributed by atoms with E-state index in [0.29, 0.717) is 12.1 Å². The molecule has 1 aliphatic rings. The van der Waals surface area contributed by atoms with Crippen LogP contribution >= 0.6 is 0 Å². The highest BCUT2D eigenvalue weighted by Gasteiger charge is 2.29. The fourth-order valence-electron chi connectivity index (χ4n) is 2.30. The van der Waals surface area contributed by atoms with Crippen LogP contribution in [0, 0.1) is 0 Å². The molecule has 0 bridgehead atoms. The second kappa shape index (κ2) is 5.53. The second-order valence-corrected chi connectivity index (χ2v) is 6.50. The lowest BCUT2D eigenvalue weighted by molar-refractivity contribution is 0.0303. The molecule has 1 heterocycles. The predicted molar refractivity (Wildman–Crippen MR) is 79.3 cm³/mol. The molecule has 2 aromatic carbocycles. The Bertz CT molecular complexity index is 816. The molecule has 0 amide bonds. The third-order valence-corrected chi connectivity index (χ3v) is 4.36. The molecule has 0 saturated carbocycles. The summed E-state index contributed by atoms with van der Waals surface area (Å²) in [5.41, 5.74) is 2.21. The van der Waals surface area contributed by atoms with Crippen LogP contribution in [0.1, 0.15) is 27.7 Å². The summed E-state index contributed by atoms with van der Waals surface area (Å²) in [5.74, 6) is -0.349. The summed E-state index contributed by atoms with van der Waals surface area (Å²) in [6.07, 6.45) is -0.499. The molecule has 1 unspecified atom stereocenters. The van der Waals surface area contributed by atoms with Crippen molar-refractivity contribution in [3.8, 4) is 0 Å². The number of benzene rings is 2. The summed E-state index contributed by atoms with van der Waals surface area (Å²) >= 11 is 0. The smallest absolute Gasteiger partial charge is 0.340 e. The maximum atomic E-state index is 11.7. The summed E-state index contributed by atoms with van der Waals surface area (Å²) in [6, 6.07) is 13.4. The van der Waals surface area contributed by atoms with Crippen molar-refractivity contribution < 1.29 is 17.9 Å². The Morgan fingerprint density at radius 2 is 1.77 bits per heavy atom. The summed E-state index contributed by atoms with van der Waals surface area (Å²) in [5, 5.41) is 8.17. The molecule has 0 fully saturated rings. The third kappa shape index (κ3) is 2.87. The van der Waals surface area contributed by atoms with E-state index in [1.807, 2.05) is 12.1 Å². The largest absolute Gasteiger partial charge is 0.439 e. The van der Waals surface area contributed by atoms with Gasteiger partial charge in [-0.25, -0.2) is 18.4 Å². The van der Waals surface area contributed by atoms with Gasteiger partial charge in [-0.15, -0.1) is 0 Å². The first kappa shape index (κ1) is 14.7. The summed E-state index contributed by atoms with van der Waals surface area (Å²) in [6.45, 7) is 0.428. The van der Waals surface area contributed by atoms with Gasteiger partial charge in [0.15, 0.2) is 6.23 Å². The van der Waals surface area contributed by atoms with Crippen LogP contribution in [0.2, 0.25) is 0 Å². The minimum atomic E-state index is -3.69. The van der Waals surface area contributed by atoms with Crippen molar-refractivity contribution in [1.29, 1.82) is 0 Å². The molecule has 22 heavy (non-hydrogen) atoms. The highest BCUT2D eigenvalue weighted by Crippen LogP contribution is 2.28. The van der Waals surface area contributed by atoms with E-state index in [1.165, 1.54) is 12.1 Å². The molecule has 0 saturated heterocycles. The highest BCUT2D eigenvalue weighted by molar-refractivity contribution is 7.89. The lowest BCUT2D eigenvalue weighted by Crippen LogP contribution is -2.21. The number of fused-ring (bicyclic) bond motifs is 1. The molecule has 0 aliphatic carbocycles. The minimum Gasteiger partial charge on any atom is -0.439 e. The van der Waals surface area contributed by atoms with Crippen LogP contribution in [0.4, 0.5) is 0 Å². The lowest BCUT2D eigenvalue weighted by Gasteiger charge is -2.13. The van der Waals surface area contributed by atoms with Gasteiger partial charge in [0.2, 0.25) is 10.0 Å². The van der Waals surface area contributed by atoms with Gasteiger partial charge in [-0.3, -0.25) is 5.32 Å². The summed E-state index contributed by atoms with van der Waals surface area (Å²) < 4.78 is 27.6. The number of rotatable bonds is 4. The van der Waals surface area contributed by atoms with Gasteiger partial charge in [0, 0.05) is 12.1 Å². The van der Waals surface area contributed by atoms with E-state index in [1.54, 1.807) is 24.3 Å². The van der Waals surface area contributed by atoms with Gasteiger partial charge < -0.3 is 4.74 Å². The van der Waals surface area contributed by atoms with Crippen LogP contribution in [0.15, 0.2) is 53.4 Å². The monoisotopic (exact) mass is 318 g/mol. The van der Waals surface area contributed by atoms with Gasteiger partial charge in [0.1, 0.15) is 0 Å². The van der Waals surface area contributed by atoms with Crippen LogP contribution in [0.5, 0.6) is 0 Å². The number of esters is 1. The van der Waals surface area contributed by atoms with Gasteiger partial charge in [0.25, 0.3) is 0 Å². The molecule has 0 radical (unpaired) electrons. The van der Waals surface area contributed by atoms with Crippen molar-refractivity contribution in [2.75, 3.05) is 0 Å². The number of carbonyl (C=O) groups is 1. The van der Waals surface area contributed by atoms with E-state index >= 15 is 0 Å². The van der Waals surface area contributed by atoms with Gasteiger partial charge in [-0.1, -0.05) is 30.3 Å². The van der Waals surface area contributed by atoms with E-state index in [9.17, 15) is 13.2 Å². The van der Waals surface area contributed by atoms with E-state index < -0.39 is 16.3 Å². The van der Waals surface area contributed by atoms with Crippen LogP contribution in [0.3, 0.4) is 0 Å². The quantitative estimate of drug-likeness (QED) is 0.828. The standard InChI is InChI=1S/C15H14N2O4S/c16-22(19,20)11-7-5-10(6-8-11)9-17-14-12-3-1-2-4-13(12)15(18)21-14/h1-8,14,17H,9H2,(H2,16,19,20). The fourth-order valence-corrected chi connectivity index (χ4v) is 2.82. The van der Waals surface area contributed by atoms with Crippen molar-refractivity contribution in [2.24, 2.45) is 5.14 Å². The maximum Gasteiger partial charge on any atom is 0.340 e. The first-order chi connectivity index (χ1) is 10.4. The molecular weight excluding hydrogens is 304 g/mol.